The first-order chi connectivity index (χ1) is 14.8. The number of hydrogen-bond acceptors (Lipinski definition) is 5. The van der Waals surface area contributed by atoms with Crippen LogP contribution in [0.15, 0.2) is 54.6 Å². The van der Waals surface area contributed by atoms with E-state index in [-0.39, 0.29) is 24.4 Å². The van der Waals surface area contributed by atoms with E-state index in [1.807, 2.05) is 0 Å². The molecule has 9 heteroatoms. The lowest BCUT2D eigenvalue weighted by Crippen LogP contribution is -2.25. The summed E-state index contributed by atoms with van der Waals surface area (Å²) < 4.78 is 38.7. The van der Waals surface area contributed by atoms with Gasteiger partial charge >= 0.3 is 6.18 Å². The van der Waals surface area contributed by atoms with E-state index in [4.69, 9.17) is 5.73 Å². The lowest BCUT2D eigenvalue weighted by molar-refractivity contribution is -0.137. The average Bonchev–Trinajstić information content (AvgIpc) is 3.55. The predicted molar refractivity (Wildman–Crippen MR) is 111 cm³/mol. The number of nitrogens with zero attached hydrogens (tertiary/aromatic N) is 2. The number of nitrogens with two attached hydrogens (primary N) is 1. The molecular weight excluding hydrogens is 407 g/mol. The van der Waals surface area contributed by atoms with E-state index in [0.717, 1.165) is 30.5 Å². The Morgan fingerprint density at radius 2 is 1.81 bits per heavy atom. The quantitative estimate of drug-likeness (QED) is 0.547. The van der Waals surface area contributed by atoms with E-state index in [1.165, 1.54) is 6.07 Å². The van der Waals surface area contributed by atoms with Gasteiger partial charge in [0.15, 0.2) is 0 Å². The van der Waals surface area contributed by atoms with Crippen LogP contribution >= 0.6 is 0 Å². The van der Waals surface area contributed by atoms with E-state index in [0.29, 0.717) is 22.6 Å². The number of amides is 1. The van der Waals surface area contributed by atoms with Crippen molar-refractivity contribution in [1.82, 2.24) is 15.3 Å². The molecule has 0 aliphatic heterocycles. The maximum Gasteiger partial charge on any atom is 0.416 e. The zero-order chi connectivity index (χ0) is 22.0. The van der Waals surface area contributed by atoms with E-state index in [1.54, 1.807) is 36.4 Å². The number of carbonyl (C=O) groups excluding carboxylic acids is 1. The molecule has 160 valence electrons. The summed E-state index contributed by atoms with van der Waals surface area (Å²) in [4.78, 5) is 20.4. The standard InChI is InChI=1S/C22H20F3N5O/c23-22(24,25)16-3-1-2-13(10-16)12-27-19-11-18(29-21(26)30-19)14-4-6-15(7-5-14)20(31)28-17-8-9-17/h1-7,10-11,17H,8-9,12H2,(H,28,31)(H3,26,27,29,30). The molecule has 6 nitrogen and oxygen atoms in total. The Kier molecular flexibility index (Phi) is 5.50. The molecule has 0 bridgehead atoms. The molecule has 1 aromatic heterocycles. The second-order valence-electron chi connectivity index (χ2n) is 7.37. The number of nitrogen functional groups attached to an aromatic ring is 1. The van der Waals surface area contributed by atoms with Crippen LogP contribution < -0.4 is 16.4 Å². The predicted octanol–water partition coefficient (Wildman–Crippen LogP) is 4.25. The molecule has 0 spiro atoms. The third-order valence-corrected chi connectivity index (χ3v) is 4.83. The molecule has 1 heterocycles. The Labute approximate surface area is 176 Å². The molecule has 0 atom stereocenters. The van der Waals surface area contributed by atoms with Crippen LogP contribution in [0.25, 0.3) is 11.3 Å². The van der Waals surface area contributed by atoms with Crippen molar-refractivity contribution in [1.29, 1.82) is 0 Å². The molecule has 1 saturated carbocycles. The van der Waals surface area contributed by atoms with E-state index in [9.17, 15) is 18.0 Å². The highest BCUT2D eigenvalue weighted by molar-refractivity contribution is 5.95. The summed E-state index contributed by atoms with van der Waals surface area (Å²) >= 11 is 0. The van der Waals surface area contributed by atoms with Crippen LogP contribution in [-0.2, 0) is 12.7 Å². The number of alkyl halides is 3. The number of hydrogen-bond donors (Lipinski definition) is 3. The minimum Gasteiger partial charge on any atom is -0.368 e. The van der Waals surface area contributed by atoms with Gasteiger partial charge in [-0.2, -0.15) is 18.2 Å². The molecule has 2 aromatic carbocycles. The Hall–Kier alpha value is -3.62. The highest BCUT2D eigenvalue weighted by atomic mass is 19.4. The third-order valence-electron chi connectivity index (χ3n) is 4.83. The minimum atomic E-state index is -4.40. The Balaban J connectivity index is 1.47. The molecule has 3 aromatic rings. The topological polar surface area (TPSA) is 92.9 Å². The largest absolute Gasteiger partial charge is 0.416 e. The molecule has 1 amide bonds. The van der Waals surface area contributed by atoms with Gasteiger partial charge in [0, 0.05) is 29.8 Å². The van der Waals surface area contributed by atoms with Gasteiger partial charge in [0.05, 0.1) is 11.3 Å². The minimum absolute atomic E-state index is 0.0274. The SMILES string of the molecule is Nc1nc(NCc2cccc(C(F)(F)F)c2)cc(-c2ccc(C(=O)NC3CC3)cc2)n1. The summed E-state index contributed by atoms with van der Waals surface area (Å²) in [5.41, 5.74) is 7.39. The van der Waals surface area contributed by atoms with Gasteiger partial charge in [-0.1, -0.05) is 24.3 Å². The van der Waals surface area contributed by atoms with Crippen molar-refractivity contribution in [2.24, 2.45) is 0 Å². The van der Waals surface area contributed by atoms with Crippen LogP contribution in [0.1, 0.15) is 34.3 Å². The molecule has 0 saturated heterocycles. The molecule has 1 aliphatic rings. The number of halogens is 3. The molecule has 0 radical (unpaired) electrons. The number of carbonyl (C=O) groups is 1. The van der Waals surface area contributed by atoms with Crippen molar-refractivity contribution in [3.8, 4) is 11.3 Å². The van der Waals surface area contributed by atoms with Crippen molar-refractivity contribution < 1.29 is 18.0 Å². The van der Waals surface area contributed by atoms with E-state index in [2.05, 4.69) is 20.6 Å². The van der Waals surface area contributed by atoms with Crippen LogP contribution in [0.3, 0.4) is 0 Å². The summed E-state index contributed by atoms with van der Waals surface area (Å²) in [6.45, 7) is 0.139. The van der Waals surface area contributed by atoms with Crippen LogP contribution in [0, 0.1) is 0 Å². The number of aromatic nitrogens is 2. The van der Waals surface area contributed by atoms with Crippen LogP contribution in [0.5, 0.6) is 0 Å². The Morgan fingerprint density at radius 1 is 1.06 bits per heavy atom. The molecule has 1 fully saturated rings. The van der Waals surface area contributed by atoms with E-state index >= 15 is 0 Å². The van der Waals surface area contributed by atoms with Gasteiger partial charge in [-0.05, 0) is 42.7 Å². The van der Waals surface area contributed by atoms with Gasteiger partial charge in [-0.25, -0.2) is 4.98 Å². The van der Waals surface area contributed by atoms with E-state index < -0.39 is 11.7 Å². The fraction of sp³-hybridized carbons (Fsp3) is 0.227. The second-order valence-corrected chi connectivity index (χ2v) is 7.37. The third kappa shape index (κ3) is 5.30. The highest BCUT2D eigenvalue weighted by Gasteiger charge is 2.30. The number of nitrogens with one attached hydrogen (secondary N) is 2. The van der Waals surface area contributed by atoms with Crippen LogP contribution in [0.2, 0.25) is 0 Å². The van der Waals surface area contributed by atoms with Gasteiger partial charge < -0.3 is 16.4 Å². The maximum atomic E-state index is 12.9. The van der Waals surface area contributed by atoms with Gasteiger partial charge in [0.25, 0.3) is 5.91 Å². The summed E-state index contributed by atoms with van der Waals surface area (Å²) in [6, 6.07) is 14.0. The summed E-state index contributed by atoms with van der Waals surface area (Å²) in [5.74, 6) is 0.301. The fourth-order valence-corrected chi connectivity index (χ4v) is 3.04. The smallest absolute Gasteiger partial charge is 0.368 e. The lowest BCUT2D eigenvalue weighted by atomic mass is 10.1. The van der Waals surface area contributed by atoms with Crippen molar-refractivity contribution in [3.63, 3.8) is 0 Å². The molecule has 31 heavy (non-hydrogen) atoms. The molecule has 4 rings (SSSR count). The van der Waals surface area contributed by atoms with Crippen molar-refractivity contribution in [2.45, 2.75) is 31.6 Å². The van der Waals surface area contributed by atoms with Crippen molar-refractivity contribution >= 4 is 17.7 Å². The molecule has 1 aliphatic carbocycles. The average molecular weight is 427 g/mol. The van der Waals surface area contributed by atoms with Gasteiger partial charge in [-0.15, -0.1) is 0 Å². The van der Waals surface area contributed by atoms with Gasteiger partial charge in [0.2, 0.25) is 5.95 Å². The monoisotopic (exact) mass is 427 g/mol. The normalized spacial score (nSPS) is 13.6. The summed E-state index contributed by atoms with van der Waals surface area (Å²) in [5, 5.41) is 5.91. The maximum absolute atomic E-state index is 12.9. The number of rotatable bonds is 6. The first kappa shape index (κ1) is 20.6. The van der Waals surface area contributed by atoms with Crippen molar-refractivity contribution in [2.75, 3.05) is 11.1 Å². The zero-order valence-electron chi connectivity index (χ0n) is 16.4. The van der Waals surface area contributed by atoms with Crippen molar-refractivity contribution in [3.05, 3.63) is 71.3 Å². The fourth-order valence-electron chi connectivity index (χ4n) is 3.04. The first-order valence-electron chi connectivity index (χ1n) is 9.74. The summed E-state index contributed by atoms with van der Waals surface area (Å²) in [6.07, 6.45) is -2.37. The number of benzene rings is 2. The first-order valence-corrected chi connectivity index (χ1v) is 9.74. The molecule has 0 unspecified atom stereocenters. The number of anilines is 2. The molecular formula is C22H20F3N5O. The van der Waals surface area contributed by atoms with Crippen LogP contribution in [-0.4, -0.2) is 21.9 Å². The molecule has 4 N–H and O–H groups in total. The van der Waals surface area contributed by atoms with Gasteiger partial charge in [-0.3, -0.25) is 4.79 Å². The van der Waals surface area contributed by atoms with Crippen LogP contribution in [0.4, 0.5) is 24.9 Å². The Morgan fingerprint density at radius 3 is 2.48 bits per heavy atom. The van der Waals surface area contributed by atoms with Gasteiger partial charge in [0.1, 0.15) is 5.82 Å². The second kappa shape index (κ2) is 8.25. The zero-order valence-corrected chi connectivity index (χ0v) is 16.4. The summed E-state index contributed by atoms with van der Waals surface area (Å²) in [7, 11) is 0. The Bertz CT molecular complexity index is 1100. The highest BCUT2D eigenvalue weighted by Crippen LogP contribution is 2.30. The lowest BCUT2D eigenvalue weighted by Gasteiger charge is -2.11.